The van der Waals surface area contributed by atoms with Gasteiger partial charge in [-0.2, -0.15) is 4.39 Å². The second kappa shape index (κ2) is 6.68. The van der Waals surface area contributed by atoms with Crippen molar-refractivity contribution < 1.29 is 14.4 Å². The van der Waals surface area contributed by atoms with Gasteiger partial charge in [0.25, 0.3) is 5.91 Å². The zero-order valence-corrected chi connectivity index (χ0v) is 15.3. The molecular formula is C23H16FN3O2. The van der Waals surface area contributed by atoms with Crippen molar-refractivity contribution in [2.75, 3.05) is 0 Å². The Morgan fingerprint density at radius 3 is 2.41 bits per heavy atom. The molecule has 2 heterocycles. The first-order valence-corrected chi connectivity index (χ1v) is 9.16. The number of benzene rings is 3. The van der Waals surface area contributed by atoms with Crippen LogP contribution in [-0.2, 0) is 6.54 Å². The standard InChI is InChI=1S/C23H16FN3O2/c24-22-20-17-6-2-4-8-19(17)27(21(20)16-5-1-3-7-18(16)25-22)13-14-9-11-15(12-10-14)23(28)26-29/h1-12,29H,13H2,(H,26,28). The number of rotatable bonds is 3. The van der Waals surface area contributed by atoms with E-state index in [2.05, 4.69) is 9.55 Å². The molecule has 5 aromatic rings. The molecule has 0 atom stereocenters. The number of aromatic nitrogens is 2. The number of fused-ring (bicyclic) bond motifs is 5. The number of nitrogens with zero attached hydrogens (tertiary/aromatic N) is 2. The summed E-state index contributed by atoms with van der Waals surface area (Å²) in [4.78, 5) is 15.7. The Hall–Kier alpha value is -3.77. The molecule has 5 rings (SSSR count). The van der Waals surface area contributed by atoms with Crippen molar-refractivity contribution in [2.24, 2.45) is 0 Å². The number of hydrogen-bond donors (Lipinski definition) is 2. The molecule has 0 spiro atoms. The van der Waals surface area contributed by atoms with E-state index in [9.17, 15) is 9.18 Å². The molecule has 142 valence electrons. The molecule has 0 saturated carbocycles. The van der Waals surface area contributed by atoms with Crippen molar-refractivity contribution in [2.45, 2.75) is 6.54 Å². The average Bonchev–Trinajstić information content (AvgIpc) is 3.09. The third-order valence-corrected chi connectivity index (χ3v) is 5.21. The minimum absolute atomic E-state index is 0.360. The number of hydrogen-bond acceptors (Lipinski definition) is 3. The number of carbonyl (C=O) groups is 1. The van der Waals surface area contributed by atoms with Crippen molar-refractivity contribution in [3.63, 3.8) is 0 Å². The third kappa shape index (κ3) is 2.73. The van der Waals surface area contributed by atoms with E-state index in [0.29, 0.717) is 23.0 Å². The van der Waals surface area contributed by atoms with Gasteiger partial charge in [-0.3, -0.25) is 10.0 Å². The summed E-state index contributed by atoms with van der Waals surface area (Å²) in [6, 6.07) is 22.2. The summed E-state index contributed by atoms with van der Waals surface area (Å²) in [6.07, 6.45) is 0. The summed E-state index contributed by atoms with van der Waals surface area (Å²) < 4.78 is 17.1. The van der Waals surface area contributed by atoms with Crippen molar-refractivity contribution in [1.82, 2.24) is 15.0 Å². The Balaban J connectivity index is 1.77. The van der Waals surface area contributed by atoms with Gasteiger partial charge in [0.05, 0.1) is 16.4 Å². The van der Waals surface area contributed by atoms with E-state index < -0.39 is 11.9 Å². The quantitative estimate of drug-likeness (QED) is 0.270. The lowest BCUT2D eigenvalue weighted by Gasteiger charge is -2.10. The topological polar surface area (TPSA) is 67.2 Å². The number of pyridine rings is 1. The van der Waals surface area contributed by atoms with Crippen molar-refractivity contribution >= 4 is 38.6 Å². The predicted molar refractivity (Wildman–Crippen MR) is 109 cm³/mol. The van der Waals surface area contributed by atoms with E-state index in [1.165, 1.54) is 0 Å². The van der Waals surface area contributed by atoms with Gasteiger partial charge in [0.2, 0.25) is 5.95 Å². The second-order valence-electron chi connectivity index (χ2n) is 6.88. The molecule has 0 unspecified atom stereocenters. The highest BCUT2D eigenvalue weighted by Crippen LogP contribution is 2.35. The van der Waals surface area contributed by atoms with Gasteiger partial charge in [-0.15, -0.1) is 0 Å². The Kier molecular flexibility index (Phi) is 4.00. The fourth-order valence-electron chi connectivity index (χ4n) is 3.90. The van der Waals surface area contributed by atoms with E-state index in [1.54, 1.807) is 17.6 Å². The monoisotopic (exact) mass is 385 g/mol. The number of para-hydroxylation sites is 2. The van der Waals surface area contributed by atoms with Gasteiger partial charge in [0, 0.05) is 28.4 Å². The third-order valence-electron chi connectivity index (χ3n) is 5.21. The van der Waals surface area contributed by atoms with Gasteiger partial charge in [0.1, 0.15) is 0 Å². The van der Waals surface area contributed by atoms with Crippen LogP contribution in [0.25, 0.3) is 32.7 Å². The molecule has 0 radical (unpaired) electrons. The van der Waals surface area contributed by atoms with Gasteiger partial charge in [-0.05, 0) is 29.8 Å². The molecule has 0 aliphatic carbocycles. The van der Waals surface area contributed by atoms with Crippen LogP contribution in [0.2, 0.25) is 0 Å². The highest BCUT2D eigenvalue weighted by atomic mass is 19.1. The number of nitrogens with one attached hydrogen (secondary N) is 1. The lowest BCUT2D eigenvalue weighted by atomic mass is 10.1. The van der Waals surface area contributed by atoms with E-state index in [0.717, 1.165) is 27.4 Å². The summed E-state index contributed by atoms with van der Waals surface area (Å²) >= 11 is 0. The predicted octanol–water partition coefficient (Wildman–Crippen LogP) is 4.65. The Bertz CT molecular complexity index is 1390. The molecule has 29 heavy (non-hydrogen) atoms. The van der Waals surface area contributed by atoms with Crippen molar-refractivity contribution in [3.05, 3.63) is 89.9 Å². The second-order valence-corrected chi connectivity index (χ2v) is 6.88. The lowest BCUT2D eigenvalue weighted by molar-refractivity contribution is 0.0706. The van der Waals surface area contributed by atoms with Gasteiger partial charge in [-0.25, -0.2) is 10.5 Å². The maximum Gasteiger partial charge on any atom is 0.274 e. The smallest absolute Gasteiger partial charge is 0.274 e. The molecule has 2 aromatic heterocycles. The van der Waals surface area contributed by atoms with Crippen LogP contribution < -0.4 is 5.48 Å². The molecule has 0 aliphatic heterocycles. The van der Waals surface area contributed by atoms with Crippen LogP contribution in [0.3, 0.4) is 0 Å². The first-order valence-electron chi connectivity index (χ1n) is 9.16. The van der Waals surface area contributed by atoms with Crippen LogP contribution in [0, 0.1) is 5.95 Å². The molecule has 3 aromatic carbocycles. The fraction of sp³-hybridized carbons (Fsp3) is 0.0435. The fourth-order valence-corrected chi connectivity index (χ4v) is 3.90. The maximum atomic E-state index is 15.0. The van der Waals surface area contributed by atoms with E-state index >= 15 is 0 Å². The number of amides is 1. The first kappa shape index (κ1) is 17.3. The molecule has 6 heteroatoms. The van der Waals surface area contributed by atoms with Gasteiger partial charge < -0.3 is 4.57 Å². The zero-order chi connectivity index (χ0) is 20.0. The van der Waals surface area contributed by atoms with Crippen LogP contribution in [0.5, 0.6) is 0 Å². The minimum Gasteiger partial charge on any atom is -0.335 e. The molecule has 0 saturated heterocycles. The number of halogens is 1. The summed E-state index contributed by atoms with van der Waals surface area (Å²) in [5, 5.41) is 11.0. The number of hydroxylamine groups is 1. The summed E-state index contributed by atoms with van der Waals surface area (Å²) in [5.74, 6) is -1.05. The van der Waals surface area contributed by atoms with Crippen molar-refractivity contribution in [1.29, 1.82) is 0 Å². The molecule has 1 amide bonds. The van der Waals surface area contributed by atoms with E-state index in [4.69, 9.17) is 5.21 Å². The first-order chi connectivity index (χ1) is 14.2. The van der Waals surface area contributed by atoms with Gasteiger partial charge >= 0.3 is 0 Å². The van der Waals surface area contributed by atoms with Crippen LogP contribution in [-0.4, -0.2) is 20.7 Å². The maximum absolute atomic E-state index is 15.0. The lowest BCUT2D eigenvalue weighted by Crippen LogP contribution is -2.18. The van der Waals surface area contributed by atoms with Gasteiger partial charge in [0.15, 0.2) is 0 Å². The molecule has 0 bridgehead atoms. The summed E-state index contributed by atoms with van der Waals surface area (Å²) in [7, 11) is 0. The van der Waals surface area contributed by atoms with E-state index in [1.807, 2.05) is 60.7 Å². The van der Waals surface area contributed by atoms with Crippen LogP contribution >= 0.6 is 0 Å². The molecule has 0 aliphatic rings. The van der Waals surface area contributed by atoms with Gasteiger partial charge in [-0.1, -0.05) is 48.5 Å². The molecule has 5 nitrogen and oxygen atoms in total. The Labute approximate surface area is 165 Å². The minimum atomic E-state index is -0.562. The largest absolute Gasteiger partial charge is 0.335 e. The Morgan fingerprint density at radius 2 is 1.66 bits per heavy atom. The van der Waals surface area contributed by atoms with Crippen LogP contribution in [0.4, 0.5) is 4.39 Å². The SMILES string of the molecule is O=C(NO)c1ccc(Cn2c3ccccc3c3c(F)nc4ccccc4c32)cc1. The zero-order valence-electron chi connectivity index (χ0n) is 15.3. The molecule has 0 fully saturated rings. The molecular weight excluding hydrogens is 369 g/mol. The van der Waals surface area contributed by atoms with E-state index in [-0.39, 0.29) is 0 Å². The normalized spacial score (nSPS) is 11.4. The van der Waals surface area contributed by atoms with Crippen LogP contribution in [0.1, 0.15) is 15.9 Å². The highest BCUT2D eigenvalue weighted by Gasteiger charge is 2.18. The number of carbonyl (C=O) groups excluding carboxylic acids is 1. The van der Waals surface area contributed by atoms with Crippen molar-refractivity contribution in [3.8, 4) is 0 Å². The summed E-state index contributed by atoms with van der Waals surface area (Å²) in [6.45, 7) is 0.498. The van der Waals surface area contributed by atoms with Crippen LogP contribution in [0.15, 0.2) is 72.8 Å². The average molecular weight is 385 g/mol. The Morgan fingerprint density at radius 1 is 0.966 bits per heavy atom. The summed E-state index contributed by atoms with van der Waals surface area (Å²) in [5.41, 5.74) is 5.26. The highest BCUT2D eigenvalue weighted by molar-refractivity contribution is 6.16. The molecule has 2 N–H and O–H groups in total.